The largest absolute Gasteiger partial charge is 0.419 e. The molecule has 1 fully saturated rings. The highest BCUT2D eigenvalue weighted by molar-refractivity contribution is 5.41. The molecule has 0 bridgehead atoms. The summed E-state index contributed by atoms with van der Waals surface area (Å²) < 4.78 is 49.6. The first kappa shape index (κ1) is 9.49. The molecule has 0 N–H and O–H groups in total. The summed E-state index contributed by atoms with van der Waals surface area (Å²) in [4.78, 5) is 0. The van der Waals surface area contributed by atoms with Crippen molar-refractivity contribution in [1.82, 2.24) is 0 Å². The fourth-order valence-corrected chi connectivity index (χ4v) is 1.31. The zero-order valence-electron chi connectivity index (χ0n) is 7.16. The van der Waals surface area contributed by atoms with Crippen molar-refractivity contribution in [3.63, 3.8) is 0 Å². The van der Waals surface area contributed by atoms with E-state index >= 15 is 0 Å². The minimum Gasteiger partial charge on any atom is -0.206 e. The monoisotopic (exact) mass is 203 g/mol. The van der Waals surface area contributed by atoms with Gasteiger partial charge in [-0.2, -0.15) is 13.2 Å². The van der Waals surface area contributed by atoms with Gasteiger partial charge in [0.25, 0.3) is 0 Å². The molecule has 14 heavy (non-hydrogen) atoms. The van der Waals surface area contributed by atoms with Gasteiger partial charge in [0, 0.05) is 5.92 Å². The zero-order chi connectivity index (χ0) is 10.3. The van der Waals surface area contributed by atoms with Crippen LogP contribution in [0.2, 0.25) is 0 Å². The van der Waals surface area contributed by atoms with E-state index in [9.17, 15) is 17.6 Å². The molecule has 1 radical (unpaired) electrons. The van der Waals surface area contributed by atoms with Crippen LogP contribution in [-0.4, -0.2) is 0 Å². The molecule has 0 nitrogen and oxygen atoms in total. The van der Waals surface area contributed by atoms with Crippen LogP contribution in [0.15, 0.2) is 18.2 Å². The lowest BCUT2D eigenvalue weighted by Gasteiger charge is -2.09. The van der Waals surface area contributed by atoms with Crippen molar-refractivity contribution in [2.24, 2.45) is 0 Å². The molecule has 1 aromatic rings. The SMILES string of the molecule is Fc1ccc([C]2CC2)cc1C(F)(F)F. The molecule has 4 heteroatoms. The molecule has 75 valence electrons. The standard InChI is InChI=1S/C10H7F4/c11-9-4-3-7(6-1-2-6)5-8(9)10(12,13)14/h3-5H,1-2H2. The molecule has 1 aromatic carbocycles. The molecule has 0 spiro atoms. The van der Waals surface area contributed by atoms with E-state index in [2.05, 4.69) is 0 Å². The van der Waals surface area contributed by atoms with Crippen LogP contribution in [0.25, 0.3) is 0 Å². The maximum absolute atomic E-state index is 12.8. The van der Waals surface area contributed by atoms with Crippen molar-refractivity contribution in [2.75, 3.05) is 0 Å². The van der Waals surface area contributed by atoms with Gasteiger partial charge < -0.3 is 0 Å². The van der Waals surface area contributed by atoms with Crippen molar-refractivity contribution < 1.29 is 17.6 Å². The third-order valence-corrected chi connectivity index (χ3v) is 2.18. The van der Waals surface area contributed by atoms with Crippen LogP contribution in [0.5, 0.6) is 0 Å². The molecule has 0 unspecified atom stereocenters. The van der Waals surface area contributed by atoms with Crippen molar-refractivity contribution >= 4 is 0 Å². The highest BCUT2D eigenvalue weighted by Gasteiger charge is 2.35. The van der Waals surface area contributed by atoms with Crippen LogP contribution in [0, 0.1) is 11.7 Å². The summed E-state index contributed by atoms with van der Waals surface area (Å²) in [5, 5.41) is 0. The Balaban J connectivity index is 2.41. The highest BCUT2D eigenvalue weighted by atomic mass is 19.4. The average Bonchev–Trinajstić information content (AvgIpc) is 2.85. The van der Waals surface area contributed by atoms with E-state index in [0.717, 1.165) is 30.9 Å². The fraction of sp³-hybridized carbons (Fsp3) is 0.300. The third kappa shape index (κ3) is 1.74. The molecule has 0 heterocycles. The van der Waals surface area contributed by atoms with E-state index in [-0.39, 0.29) is 0 Å². The van der Waals surface area contributed by atoms with E-state index < -0.39 is 17.6 Å². The van der Waals surface area contributed by atoms with Gasteiger partial charge in [-0.05, 0) is 30.5 Å². The molecular formula is C10H7F4. The van der Waals surface area contributed by atoms with Gasteiger partial charge in [-0.1, -0.05) is 6.07 Å². The van der Waals surface area contributed by atoms with Gasteiger partial charge in [0.15, 0.2) is 0 Å². The second-order valence-electron chi connectivity index (χ2n) is 3.30. The minimum atomic E-state index is -4.60. The molecule has 1 saturated carbocycles. The summed E-state index contributed by atoms with van der Waals surface area (Å²) in [6.45, 7) is 0. The molecule has 0 amide bonds. The summed E-state index contributed by atoms with van der Waals surface area (Å²) in [5.41, 5.74) is -0.659. The van der Waals surface area contributed by atoms with Gasteiger partial charge in [0.2, 0.25) is 0 Å². The Bertz CT molecular complexity index is 350. The summed E-state index contributed by atoms with van der Waals surface area (Å²) in [6, 6.07) is 3.16. The Morgan fingerprint density at radius 3 is 2.21 bits per heavy atom. The second-order valence-corrected chi connectivity index (χ2v) is 3.30. The Kier molecular flexibility index (Phi) is 2.01. The number of rotatable bonds is 1. The van der Waals surface area contributed by atoms with E-state index in [1.807, 2.05) is 0 Å². The second kappa shape index (κ2) is 2.97. The molecule has 1 aliphatic carbocycles. The number of hydrogen-bond donors (Lipinski definition) is 0. The third-order valence-electron chi connectivity index (χ3n) is 2.18. The first-order valence-electron chi connectivity index (χ1n) is 4.20. The quantitative estimate of drug-likeness (QED) is 0.612. The maximum Gasteiger partial charge on any atom is 0.419 e. The summed E-state index contributed by atoms with van der Waals surface area (Å²) >= 11 is 0. The lowest BCUT2D eigenvalue weighted by molar-refractivity contribution is -0.140. The first-order valence-corrected chi connectivity index (χ1v) is 4.20. The molecular weight excluding hydrogens is 196 g/mol. The predicted molar refractivity (Wildman–Crippen MR) is 43.0 cm³/mol. The lowest BCUT2D eigenvalue weighted by atomic mass is 10.1. The van der Waals surface area contributed by atoms with Gasteiger partial charge in [0.1, 0.15) is 5.82 Å². The van der Waals surface area contributed by atoms with Crippen LogP contribution >= 0.6 is 0 Å². The van der Waals surface area contributed by atoms with Crippen LogP contribution in [0.3, 0.4) is 0 Å². The average molecular weight is 203 g/mol. The molecule has 0 saturated heterocycles. The van der Waals surface area contributed by atoms with Crippen molar-refractivity contribution in [3.05, 3.63) is 41.1 Å². The zero-order valence-corrected chi connectivity index (χ0v) is 7.16. The topological polar surface area (TPSA) is 0 Å². The van der Waals surface area contributed by atoms with Crippen molar-refractivity contribution in [3.8, 4) is 0 Å². The van der Waals surface area contributed by atoms with Crippen LogP contribution < -0.4 is 0 Å². The lowest BCUT2D eigenvalue weighted by Crippen LogP contribution is -2.08. The Hall–Kier alpha value is -1.06. The highest BCUT2D eigenvalue weighted by Crippen LogP contribution is 2.41. The van der Waals surface area contributed by atoms with Gasteiger partial charge >= 0.3 is 6.18 Å². The van der Waals surface area contributed by atoms with Crippen LogP contribution in [0.1, 0.15) is 24.0 Å². The predicted octanol–water partition coefficient (Wildman–Crippen LogP) is 3.56. The van der Waals surface area contributed by atoms with E-state index in [1.54, 1.807) is 0 Å². The van der Waals surface area contributed by atoms with Crippen LogP contribution in [-0.2, 0) is 6.18 Å². The fourth-order valence-electron chi connectivity index (χ4n) is 1.31. The molecule has 0 atom stereocenters. The molecule has 0 aliphatic heterocycles. The van der Waals surface area contributed by atoms with Crippen molar-refractivity contribution in [1.29, 1.82) is 0 Å². The normalized spacial score (nSPS) is 17.1. The van der Waals surface area contributed by atoms with Gasteiger partial charge in [0.05, 0.1) is 5.56 Å². The Labute approximate surface area is 78.5 Å². The molecule has 0 aromatic heterocycles. The van der Waals surface area contributed by atoms with Gasteiger partial charge in [-0.25, -0.2) is 4.39 Å². The van der Waals surface area contributed by atoms with Crippen molar-refractivity contribution in [2.45, 2.75) is 19.0 Å². The molecule has 2 rings (SSSR count). The Morgan fingerprint density at radius 2 is 1.71 bits per heavy atom. The van der Waals surface area contributed by atoms with E-state index in [4.69, 9.17) is 0 Å². The molecule has 1 aliphatic rings. The number of alkyl halides is 3. The van der Waals surface area contributed by atoms with Gasteiger partial charge in [-0.15, -0.1) is 0 Å². The summed E-state index contributed by atoms with van der Waals surface area (Å²) in [7, 11) is 0. The maximum atomic E-state index is 12.8. The van der Waals surface area contributed by atoms with E-state index in [0.29, 0.717) is 5.56 Å². The Morgan fingerprint density at radius 1 is 1.07 bits per heavy atom. The van der Waals surface area contributed by atoms with Crippen LogP contribution in [0.4, 0.5) is 17.6 Å². The first-order chi connectivity index (χ1) is 6.48. The number of halogens is 4. The summed E-state index contributed by atoms with van der Waals surface area (Å²) in [5.74, 6) is -0.238. The number of hydrogen-bond acceptors (Lipinski definition) is 0. The number of benzene rings is 1. The van der Waals surface area contributed by atoms with Gasteiger partial charge in [-0.3, -0.25) is 0 Å². The smallest absolute Gasteiger partial charge is 0.206 e. The summed E-state index contributed by atoms with van der Waals surface area (Å²) in [6.07, 6.45) is -2.96. The van der Waals surface area contributed by atoms with E-state index in [1.165, 1.54) is 6.07 Å². The minimum absolute atomic E-state index is 0.513.